The molecule has 2 rings (SSSR count). The van der Waals surface area contributed by atoms with Crippen molar-refractivity contribution >= 4 is 12.4 Å². The van der Waals surface area contributed by atoms with Crippen molar-refractivity contribution < 1.29 is 13.2 Å². The molecule has 1 aliphatic rings. The van der Waals surface area contributed by atoms with Crippen LogP contribution in [-0.4, -0.2) is 13.1 Å². The molecule has 1 saturated heterocycles. The van der Waals surface area contributed by atoms with Crippen LogP contribution in [0.5, 0.6) is 0 Å². The van der Waals surface area contributed by atoms with Crippen LogP contribution in [0.4, 0.5) is 13.2 Å². The van der Waals surface area contributed by atoms with E-state index in [9.17, 15) is 13.2 Å². The second-order valence-electron chi connectivity index (χ2n) is 4.11. The summed E-state index contributed by atoms with van der Waals surface area (Å²) in [6, 6.07) is 5.93. The summed E-state index contributed by atoms with van der Waals surface area (Å²) in [5.74, 6) is 0.0408. The topological polar surface area (TPSA) is 12.0 Å². The van der Waals surface area contributed by atoms with E-state index in [4.69, 9.17) is 0 Å². The smallest absolute Gasteiger partial charge is 0.317 e. The number of rotatable bonds is 1. The van der Waals surface area contributed by atoms with E-state index < -0.39 is 11.7 Å². The van der Waals surface area contributed by atoms with Gasteiger partial charge in [-0.15, -0.1) is 12.4 Å². The van der Waals surface area contributed by atoms with Crippen LogP contribution in [0.2, 0.25) is 0 Å². The molecule has 0 saturated carbocycles. The summed E-state index contributed by atoms with van der Waals surface area (Å²) in [7, 11) is 0. The zero-order valence-electron chi connectivity index (χ0n) is 9.26. The van der Waals surface area contributed by atoms with Crippen LogP contribution in [-0.2, 0) is 6.18 Å². The SMILES string of the molecule is Cl.FC(F)(F)c1ccccc1C1CCNCC1. The Bertz CT molecular complexity index is 359. The molecule has 0 spiro atoms. The minimum atomic E-state index is -4.23. The van der Waals surface area contributed by atoms with Crippen LogP contribution < -0.4 is 5.32 Å². The number of halogens is 4. The quantitative estimate of drug-likeness (QED) is 0.818. The molecule has 0 atom stereocenters. The van der Waals surface area contributed by atoms with Gasteiger partial charge in [-0.05, 0) is 43.5 Å². The number of benzene rings is 1. The summed E-state index contributed by atoms with van der Waals surface area (Å²) in [5.41, 5.74) is -0.0154. The van der Waals surface area contributed by atoms with E-state index in [0.29, 0.717) is 5.56 Å². The number of piperidine rings is 1. The maximum Gasteiger partial charge on any atom is 0.416 e. The normalized spacial score (nSPS) is 17.6. The average molecular weight is 266 g/mol. The van der Waals surface area contributed by atoms with Crippen molar-refractivity contribution in [1.82, 2.24) is 5.32 Å². The number of hydrogen-bond donors (Lipinski definition) is 1. The minimum absolute atomic E-state index is 0. The van der Waals surface area contributed by atoms with E-state index in [-0.39, 0.29) is 18.3 Å². The highest BCUT2D eigenvalue weighted by atomic mass is 35.5. The van der Waals surface area contributed by atoms with Gasteiger partial charge >= 0.3 is 6.18 Å². The molecule has 0 radical (unpaired) electrons. The summed E-state index contributed by atoms with van der Waals surface area (Å²) in [4.78, 5) is 0. The van der Waals surface area contributed by atoms with E-state index in [0.717, 1.165) is 25.9 Å². The first-order chi connectivity index (χ1) is 7.59. The number of hydrogen-bond acceptors (Lipinski definition) is 1. The molecule has 1 fully saturated rings. The van der Waals surface area contributed by atoms with Crippen molar-refractivity contribution in [2.45, 2.75) is 24.9 Å². The van der Waals surface area contributed by atoms with Gasteiger partial charge in [0.2, 0.25) is 0 Å². The average Bonchev–Trinajstić information content (AvgIpc) is 2.29. The van der Waals surface area contributed by atoms with Crippen molar-refractivity contribution in [1.29, 1.82) is 0 Å². The molecule has 1 nitrogen and oxygen atoms in total. The Kier molecular flexibility index (Phi) is 4.83. The first kappa shape index (κ1) is 14.3. The van der Waals surface area contributed by atoms with Gasteiger partial charge in [0.05, 0.1) is 5.56 Å². The molecule has 0 unspecified atom stereocenters. The van der Waals surface area contributed by atoms with Gasteiger partial charge in [0.1, 0.15) is 0 Å². The van der Waals surface area contributed by atoms with E-state index >= 15 is 0 Å². The lowest BCUT2D eigenvalue weighted by Crippen LogP contribution is -2.27. The van der Waals surface area contributed by atoms with Crippen molar-refractivity contribution in [3.8, 4) is 0 Å². The van der Waals surface area contributed by atoms with Gasteiger partial charge in [-0.2, -0.15) is 13.2 Å². The molecular formula is C12H15ClF3N. The van der Waals surface area contributed by atoms with Crippen LogP contribution in [0.3, 0.4) is 0 Å². The third-order valence-electron chi connectivity index (χ3n) is 3.05. The molecule has 0 aromatic heterocycles. The lowest BCUT2D eigenvalue weighted by Gasteiger charge is -2.25. The molecular weight excluding hydrogens is 251 g/mol. The molecule has 17 heavy (non-hydrogen) atoms. The summed E-state index contributed by atoms with van der Waals surface area (Å²) < 4.78 is 38.4. The van der Waals surface area contributed by atoms with E-state index in [2.05, 4.69) is 5.32 Å². The second kappa shape index (κ2) is 5.74. The summed E-state index contributed by atoms with van der Waals surface area (Å²) in [6.07, 6.45) is -2.67. The predicted molar refractivity (Wildman–Crippen MR) is 63.5 cm³/mol. The Morgan fingerprint density at radius 3 is 2.24 bits per heavy atom. The Morgan fingerprint density at radius 2 is 1.65 bits per heavy atom. The van der Waals surface area contributed by atoms with E-state index in [1.807, 2.05) is 0 Å². The molecule has 96 valence electrons. The van der Waals surface area contributed by atoms with Crippen LogP contribution in [0.25, 0.3) is 0 Å². The molecule has 0 bridgehead atoms. The van der Waals surface area contributed by atoms with Crippen LogP contribution >= 0.6 is 12.4 Å². The third-order valence-corrected chi connectivity index (χ3v) is 3.05. The molecule has 1 aromatic rings. The highest BCUT2D eigenvalue weighted by Gasteiger charge is 2.34. The predicted octanol–water partition coefficient (Wildman–Crippen LogP) is 3.59. The molecule has 1 N–H and O–H groups in total. The highest BCUT2D eigenvalue weighted by Crippen LogP contribution is 2.37. The maximum absolute atomic E-state index is 12.8. The second-order valence-corrected chi connectivity index (χ2v) is 4.11. The number of nitrogens with one attached hydrogen (secondary N) is 1. The molecule has 1 heterocycles. The molecule has 1 aliphatic heterocycles. The van der Waals surface area contributed by atoms with Crippen LogP contribution in [0, 0.1) is 0 Å². The number of alkyl halides is 3. The summed E-state index contributed by atoms with van der Waals surface area (Å²) in [5, 5.41) is 3.16. The third kappa shape index (κ3) is 3.36. The summed E-state index contributed by atoms with van der Waals surface area (Å²) >= 11 is 0. The van der Waals surface area contributed by atoms with Gasteiger partial charge in [0.15, 0.2) is 0 Å². The lowest BCUT2D eigenvalue weighted by molar-refractivity contribution is -0.138. The molecule has 5 heteroatoms. The van der Waals surface area contributed by atoms with Crippen molar-refractivity contribution in [3.05, 3.63) is 35.4 Å². The standard InChI is InChI=1S/C12H14F3N.ClH/c13-12(14,15)11-4-2-1-3-10(11)9-5-7-16-8-6-9;/h1-4,9,16H,5-8H2;1H. The zero-order valence-corrected chi connectivity index (χ0v) is 10.1. The Balaban J connectivity index is 0.00000144. The first-order valence-corrected chi connectivity index (χ1v) is 5.46. The van der Waals surface area contributed by atoms with E-state index in [1.165, 1.54) is 12.1 Å². The molecule has 0 amide bonds. The fraction of sp³-hybridized carbons (Fsp3) is 0.500. The highest BCUT2D eigenvalue weighted by molar-refractivity contribution is 5.85. The van der Waals surface area contributed by atoms with Crippen LogP contribution in [0.1, 0.15) is 29.9 Å². The van der Waals surface area contributed by atoms with Gasteiger partial charge in [-0.25, -0.2) is 0 Å². The van der Waals surface area contributed by atoms with Crippen molar-refractivity contribution in [2.75, 3.05) is 13.1 Å². The maximum atomic E-state index is 12.8. The lowest BCUT2D eigenvalue weighted by atomic mass is 9.87. The van der Waals surface area contributed by atoms with Crippen molar-refractivity contribution in [2.24, 2.45) is 0 Å². The Morgan fingerprint density at radius 1 is 1.06 bits per heavy atom. The van der Waals surface area contributed by atoms with Crippen LogP contribution in [0.15, 0.2) is 24.3 Å². The molecule has 1 aromatic carbocycles. The Hall–Kier alpha value is -0.740. The fourth-order valence-electron chi connectivity index (χ4n) is 2.24. The van der Waals surface area contributed by atoms with Crippen molar-refractivity contribution in [3.63, 3.8) is 0 Å². The summed E-state index contributed by atoms with van der Waals surface area (Å²) in [6.45, 7) is 1.60. The fourth-order valence-corrected chi connectivity index (χ4v) is 2.24. The van der Waals surface area contributed by atoms with Gasteiger partial charge in [0.25, 0.3) is 0 Å². The molecule has 0 aliphatic carbocycles. The first-order valence-electron chi connectivity index (χ1n) is 5.46. The van der Waals surface area contributed by atoms with Gasteiger partial charge in [-0.1, -0.05) is 18.2 Å². The minimum Gasteiger partial charge on any atom is -0.317 e. The Labute approximate surface area is 105 Å². The zero-order chi connectivity index (χ0) is 11.6. The van der Waals surface area contributed by atoms with Gasteiger partial charge < -0.3 is 5.32 Å². The van der Waals surface area contributed by atoms with E-state index in [1.54, 1.807) is 12.1 Å². The largest absolute Gasteiger partial charge is 0.416 e. The monoisotopic (exact) mass is 265 g/mol. The van der Waals surface area contributed by atoms with Gasteiger partial charge in [0, 0.05) is 0 Å². The van der Waals surface area contributed by atoms with Gasteiger partial charge in [-0.3, -0.25) is 0 Å².